The first-order valence-corrected chi connectivity index (χ1v) is 2.66. The van der Waals surface area contributed by atoms with Gasteiger partial charge in [-0.3, -0.25) is 4.79 Å². The van der Waals surface area contributed by atoms with Gasteiger partial charge in [-0.15, -0.1) is 0 Å². The van der Waals surface area contributed by atoms with Crippen molar-refractivity contribution >= 4 is 5.91 Å². The molecule has 1 rings (SSSR count). The second-order valence-electron chi connectivity index (χ2n) is 1.98. The number of nitrogens with one attached hydrogen (secondary N) is 1. The summed E-state index contributed by atoms with van der Waals surface area (Å²) in [5.74, 6) is -0.0104. The average Bonchev–Trinajstić information content (AvgIpc) is 1.64. The van der Waals surface area contributed by atoms with Crippen LogP contribution in [-0.2, 0) is 9.53 Å². The average molecular weight is 115 g/mol. The lowest BCUT2D eigenvalue weighted by Gasteiger charge is -2.18. The Hall–Kier alpha value is -0.570. The Bertz CT molecular complexity index is 103. The van der Waals surface area contributed by atoms with E-state index in [1.54, 1.807) is 0 Å². The van der Waals surface area contributed by atoms with Crippen molar-refractivity contribution in [2.24, 2.45) is 0 Å². The molecule has 46 valence electrons. The molecular weight excluding hydrogens is 106 g/mol. The van der Waals surface area contributed by atoms with Gasteiger partial charge >= 0.3 is 0 Å². The lowest BCUT2D eigenvalue weighted by atomic mass is 10.3. The molecule has 1 fully saturated rings. The van der Waals surface area contributed by atoms with E-state index in [-0.39, 0.29) is 18.6 Å². The fourth-order valence-electron chi connectivity index (χ4n) is 0.687. The lowest BCUT2D eigenvalue weighted by molar-refractivity contribution is -0.130. The highest BCUT2D eigenvalue weighted by Crippen LogP contribution is 1.90. The van der Waals surface area contributed by atoms with Crippen molar-refractivity contribution in [1.29, 1.82) is 0 Å². The van der Waals surface area contributed by atoms with Gasteiger partial charge in [0.25, 0.3) is 0 Å². The van der Waals surface area contributed by atoms with Crippen molar-refractivity contribution in [3.63, 3.8) is 0 Å². The normalized spacial score (nSPS) is 29.6. The molecule has 1 atom stereocenters. The molecule has 8 heavy (non-hydrogen) atoms. The van der Waals surface area contributed by atoms with E-state index in [2.05, 4.69) is 5.32 Å². The summed E-state index contributed by atoms with van der Waals surface area (Å²) < 4.78 is 4.88. The van der Waals surface area contributed by atoms with Gasteiger partial charge in [0.15, 0.2) is 0 Å². The zero-order valence-electron chi connectivity index (χ0n) is 4.81. The van der Waals surface area contributed by atoms with E-state index in [4.69, 9.17) is 4.74 Å². The third-order valence-electron chi connectivity index (χ3n) is 1.01. The van der Waals surface area contributed by atoms with E-state index in [9.17, 15) is 4.79 Å². The number of morpholine rings is 1. The summed E-state index contributed by atoms with van der Waals surface area (Å²) in [4.78, 5) is 10.4. The molecule has 3 heteroatoms. The molecule has 0 aliphatic carbocycles. The predicted octanol–water partition coefficient (Wildman–Crippen LogP) is -0.479. The standard InChI is InChI=1S/C5H9NO2/c1-4-2-8-3-5(7)6-4/h4H,2-3H2,1H3,(H,6,7)/t4-/m0/s1. The summed E-state index contributed by atoms with van der Waals surface area (Å²) >= 11 is 0. The highest BCUT2D eigenvalue weighted by molar-refractivity contribution is 5.78. The quantitative estimate of drug-likeness (QED) is 0.463. The minimum absolute atomic E-state index is 0.0104. The van der Waals surface area contributed by atoms with Crippen LogP contribution in [0.2, 0.25) is 0 Å². The van der Waals surface area contributed by atoms with Gasteiger partial charge in [0.2, 0.25) is 5.91 Å². The number of carbonyl (C=O) groups is 1. The van der Waals surface area contributed by atoms with Gasteiger partial charge in [0.05, 0.1) is 6.61 Å². The number of ether oxygens (including phenoxy) is 1. The van der Waals surface area contributed by atoms with Crippen molar-refractivity contribution in [3.05, 3.63) is 0 Å². The van der Waals surface area contributed by atoms with Crippen LogP contribution in [0.25, 0.3) is 0 Å². The van der Waals surface area contributed by atoms with Gasteiger partial charge in [-0.25, -0.2) is 0 Å². The minimum Gasteiger partial charge on any atom is -0.370 e. The van der Waals surface area contributed by atoms with E-state index >= 15 is 0 Å². The van der Waals surface area contributed by atoms with Crippen LogP contribution in [0.1, 0.15) is 6.92 Å². The van der Waals surface area contributed by atoms with Crippen LogP contribution >= 0.6 is 0 Å². The van der Waals surface area contributed by atoms with Crippen molar-refractivity contribution in [2.75, 3.05) is 13.2 Å². The first-order valence-electron chi connectivity index (χ1n) is 2.66. The van der Waals surface area contributed by atoms with Gasteiger partial charge in [-0.1, -0.05) is 0 Å². The molecule has 0 aromatic carbocycles. The maximum Gasteiger partial charge on any atom is 0.246 e. The second-order valence-corrected chi connectivity index (χ2v) is 1.98. The summed E-state index contributed by atoms with van der Waals surface area (Å²) in [6, 6.07) is 0.191. The van der Waals surface area contributed by atoms with Crippen LogP contribution in [0, 0.1) is 0 Å². The topological polar surface area (TPSA) is 38.3 Å². The maximum absolute atomic E-state index is 10.4. The van der Waals surface area contributed by atoms with Crippen LogP contribution in [0.15, 0.2) is 0 Å². The van der Waals surface area contributed by atoms with Crippen LogP contribution in [0.5, 0.6) is 0 Å². The second kappa shape index (κ2) is 2.13. The lowest BCUT2D eigenvalue weighted by Crippen LogP contribution is -2.43. The first kappa shape index (κ1) is 5.56. The predicted molar refractivity (Wildman–Crippen MR) is 28.4 cm³/mol. The fourth-order valence-corrected chi connectivity index (χ4v) is 0.687. The smallest absolute Gasteiger partial charge is 0.246 e. The summed E-state index contributed by atoms with van der Waals surface area (Å²) in [5, 5.41) is 2.72. The Morgan fingerprint density at radius 1 is 1.88 bits per heavy atom. The van der Waals surface area contributed by atoms with Gasteiger partial charge in [-0.05, 0) is 6.92 Å². The van der Waals surface area contributed by atoms with Crippen LogP contribution < -0.4 is 5.32 Å². The van der Waals surface area contributed by atoms with Gasteiger partial charge in [0.1, 0.15) is 6.61 Å². The zero-order chi connectivity index (χ0) is 5.98. The van der Waals surface area contributed by atoms with E-state index in [1.807, 2.05) is 6.92 Å². The summed E-state index contributed by atoms with van der Waals surface area (Å²) in [7, 11) is 0. The molecule has 1 heterocycles. The van der Waals surface area contributed by atoms with Gasteiger partial charge in [0, 0.05) is 6.04 Å². The Labute approximate surface area is 48.0 Å². The molecule has 0 radical (unpaired) electrons. The molecule has 1 N–H and O–H groups in total. The van der Waals surface area contributed by atoms with Crippen LogP contribution in [-0.4, -0.2) is 25.2 Å². The number of hydrogen-bond acceptors (Lipinski definition) is 2. The Morgan fingerprint density at radius 3 is 3.00 bits per heavy atom. The number of carbonyl (C=O) groups excluding carboxylic acids is 1. The number of amides is 1. The van der Waals surface area contributed by atoms with E-state index in [0.29, 0.717) is 6.61 Å². The third kappa shape index (κ3) is 1.20. The van der Waals surface area contributed by atoms with Crippen LogP contribution in [0.4, 0.5) is 0 Å². The molecule has 1 amide bonds. The molecule has 0 saturated carbocycles. The number of hydrogen-bond donors (Lipinski definition) is 1. The molecule has 3 nitrogen and oxygen atoms in total. The van der Waals surface area contributed by atoms with E-state index < -0.39 is 0 Å². The Kier molecular flexibility index (Phi) is 1.48. The Balaban J connectivity index is 2.34. The molecule has 1 aliphatic heterocycles. The van der Waals surface area contributed by atoms with Crippen molar-refractivity contribution in [3.8, 4) is 0 Å². The molecule has 1 aliphatic rings. The van der Waals surface area contributed by atoms with E-state index in [1.165, 1.54) is 0 Å². The maximum atomic E-state index is 10.4. The molecule has 0 unspecified atom stereocenters. The third-order valence-corrected chi connectivity index (χ3v) is 1.01. The number of rotatable bonds is 0. The minimum atomic E-state index is -0.0104. The highest BCUT2D eigenvalue weighted by Gasteiger charge is 2.12. The molecule has 0 spiro atoms. The molecule has 1 saturated heterocycles. The molecular formula is C5H9NO2. The van der Waals surface area contributed by atoms with E-state index in [0.717, 1.165) is 0 Å². The van der Waals surface area contributed by atoms with Crippen LogP contribution in [0.3, 0.4) is 0 Å². The highest BCUT2D eigenvalue weighted by atomic mass is 16.5. The van der Waals surface area contributed by atoms with Gasteiger partial charge < -0.3 is 10.1 Å². The molecule has 0 bridgehead atoms. The SMILES string of the molecule is C[C@H]1COCC(=O)N1. The van der Waals surface area contributed by atoms with Crippen molar-refractivity contribution < 1.29 is 9.53 Å². The summed E-state index contributed by atoms with van der Waals surface area (Å²) in [6.07, 6.45) is 0. The zero-order valence-corrected chi connectivity index (χ0v) is 4.81. The summed E-state index contributed by atoms with van der Waals surface area (Å²) in [5.41, 5.74) is 0. The van der Waals surface area contributed by atoms with Gasteiger partial charge in [-0.2, -0.15) is 0 Å². The molecule has 0 aromatic rings. The van der Waals surface area contributed by atoms with Crippen molar-refractivity contribution in [1.82, 2.24) is 5.32 Å². The Morgan fingerprint density at radius 2 is 2.62 bits per heavy atom. The molecule has 0 aromatic heterocycles. The fraction of sp³-hybridized carbons (Fsp3) is 0.800. The largest absolute Gasteiger partial charge is 0.370 e. The monoisotopic (exact) mass is 115 g/mol. The summed E-state index contributed by atoms with van der Waals surface area (Å²) in [6.45, 7) is 2.78. The first-order chi connectivity index (χ1) is 3.79. The van der Waals surface area contributed by atoms with Crippen molar-refractivity contribution in [2.45, 2.75) is 13.0 Å².